The van der Waals surface area contributed by atoms with Gasteiger partial charge in [-0.25, -0.2) is 14.8 Å². The van der Waals surface area contributed by atoms with Gasteiger partial charge in [-0.3, -0.25) is 0 Å². The van der Waals surface area contributed by atoms with E-state index >= 15 is 0 Å². The van der Waals surface area contributed by atoms with Crippen molar-refractivity contribution >= 4 is 56.3 Å². The van der Waals surface area contributed by atoms with Gasteiger partial charge in [-0.2, -0.15) is 0 Å². The Labute approximate surface area is 168 Å². The fourth-order valence-electron chi connectivity index (χ4n) is 2.54. The Balaban J connectivity index is 2.03. The number of carboxylic acids is 1. The Morgan fingerprint density at radius 3 is 2.65 bits per heavy atom. The predicted octanol–water partition coefficient (Wildman–Crippen LogP) is 5.93. The van der Waals surface area contributed by atoms with Crippen molar-refractivity contribution < 1.29 is 9.90 Å². The molecule has 0 aliphatic heterocycles. The summed E-state index contributed by atoms with van der Waals surface area (Å²) >= 11 is 11.3. The van der Waals surface area contributed by atoms with Crippen LogP contribution in [0, 0.1) is 6.92 Å². The maximum absolute atomic E-state index is 11.1. The van der Waals surface area contributed by atoms with Crippen molar-refractivity contribution in [2.24, 2.45) is 0 Å². The number of anilines is 2. The maximum atomic E-state index is 11.1. The van der Waals surface area contributed by atoms with Crippen LogP contribution in [0.4, 0.5) is 11.5 Å². The van der Waals surface area contributed by atoms with Crippen molar-refractivity contribution in [3.05, 3.63) is 56.0 Å². The highest BCUT2D eigenvalue weighted by Crippen LogP contribution is 2.33. The quantitative estimate of drug-likeness (QED) is 0.501. The average Bonchev–Trinajstić information content (AvgIpc) is 3.02. The molecule has 0 unspecified atom stereocenters. The van der Waals surface area contributed by atoms with Gasteiger partial charge < -0.3 is 10.4 Å². The first-order chi connectivity index (χ1) is 12.4. The molecule has 3 aromatic rings. The molecule has 0 saturated heterocycles. The number of carbonyl (C=O) groups is 1. The van der Waals surface area contributed by atoms with E-state index in [9.17, 15) is 4.79 Å². The van der Waals surface area contributed by atoms with Crippen molar-refractivity contribution in [1.29, 1.82) is 0 Å². The number of carboxylic acid groups (broad SMARTS) is 1. The van der Waals surface area contributed by atoms with Crippen LogP contribution in [0.25, 0.3) is 10.7 Å². The summed E-state index contributed by atoms with van der Waals surface area (Å²) in [6.45, 7) is 3.99. The summed E-state index contributed by atoms with van der Waals surface area (Å²) in [6, 6.07) is 8.50. The zero-order valence-corrected chi connectivity index (χ0v) is 17.2. The van der Waals surface area contributed by atoms with Crippen LogP contribution < -0.4 is 5.32 Å². The number of aryl methyl sites for hydroxylation is 1. The fraction of sp³-hybridized carbons (Fsp3) is 0.167. The molecule has 2 N–H and O–H groups in total. The van der Waals surface area contributed by atoms with Crippen molar-refractivity contribution in [1.82, 2.24) is 9.97 Å². The number of benzene rings is 1. The normalized spacial score (nSPS) is 10.8. The first-order valence-electron chi connectivity index (χ1n) is 7.82. The van der Waals surface area contributed by atoms with Crippen LogP contribution in [-0.4, -0.2) is 21.0 Å². The van der Waals surface area contributed by atoms with E-state index in [0.717, 1.165) is 26.3 Å². The first-order valence-corrected chi connectivity index (χ1v) is 9.81. The van der Waals surface area contributed by atoms with Crippen LogP contribution in [-0.2, 0) is 6.42 Å². The summed E-state index contributed by atoms with van der Waals surface area (Å²) < 4.78 is 1.01. The third kappa shape index (κ3) is 3.90. The second-order valence-electron chi connectivity index (χ2n) is 5.54. The number of nitrogens with zero attached hydrogens (tertiary/aromatic N) is 2. The smallest absolute Gasteiger partial charge is 0.335 e. The lowest BCUT2D eigenvalue weighted by Gasteiger charge is -2.14. The van der Waals surface area contributed by atoms with Crippen LogP contribution in [0.15, 0.2) is 34.1 Å². The van der Waals surface area contributed by atoms with Crippen molar-refractivity contribution in [3.8, 4) is 10.7 Å². The molecule has 8 heteroatoms. The number of rotatable bonds is 5. The van der Waals surface area contributed by atoms with Crippen LogP contribution in [0.3, 0.4) is 0 Å². The highest BCUT2D eigenvalue weighted by molar-refractivity contribution is 9.11. The van der Waals surface area contributed by atoms with Crippen molar-refractivity contribution in [3.63, 3.8) is 0 Å². The summed E-state index contributed by atoms with van der Waals surface area (Å²) in [6.07, 6.45) is 0.757. The van der Waals surface area contributed by atoms with E-state index in [0.29, 0.717) is 22.4 Å². The molecular weight excluding hydrogens is 438 g/mol. The molecule has 2 aromatic heterocycles. The molecule has 3 rings (SSSR count). The minimum atomic E-state index is -1.02. The number of thiophene rings is 1. The van der Waals surface area contributed by atoms with Gasteiger partial charge in [-0.05, 0) is 59.6 Å². The lowest BCUT2D eigenvalue weighted by Crippen LogP contribution is -2.05. The fourth-order valence-corrected chi connectivity index (χ4v) is 4.09. The van der Waals surface area contributed by atoms with E-state index in [-0.39, 0.29) is 5.56 Å². The zero-order valence-electron chi connectivity index (χ0n) is 14.0. The van der Waals surface area contributed by atoms with Crippen LogP contribution in [0.5, 0.6) is 0 Å². The van der Waals surface area contributed by atoms with Gasteiger partial charge in [-0.1, -0.05) is 18.5 Å². The topological polar surface area (TPSA) is 75.1 Å². The van der Waals surface area contributed by atoms with Crippen LogP contribution in [0.2, 0.25) is 5.02 Å². The molecule has 134 valence electrons. The van der Waals surface area contributed by atoms with Gasteiger partial charge in [0.15, 0.2) is 5.82 Å². The summed E-state index contributed by atoms with van der Waals surface area (Å²) in [7, 11) is 0. The number of halogens is 2. The van der Waals surface area contributed by atoms with Crippen LogP contribution >= 0.6 is 38.9 Å². The summed E-state index contributed by atoms with van der Waals surface area (Å²) in [5.74, 6) is 0.289. The molecule has 0 aliphatic rings. The van der Waals surface area contributed by atoms with Gasteiger partial charge >= 0.3 is 5.97 Å². The Morgan fingerprint density at radius 2 is 2.08 bits per heavy atom. The highest BCUT2D eigenvalue weighted by Gasteiger charge is 2.15. The minimum absolute atomic E-state index is 0.138. The lowest BCUT2D eigenvalue weighted by molar-refractivity contribution is 0.0697. The summed E-state index contributed by atoms with van der Waals surface area (Å²) in [4.78, 5) is 21.3. The van der Waals surface area contributed by atoms with Gasteiger partial charge in [0.05, 0.1) is 24.9 Å². The molecule has 0 radical (unpaired) electrons. The largest absolute Gasteiger partial charge is 0.478 e. The zero-order chi connectivity index (χ0) is 18.8. The van der Waals surface area contributed by atoms with E-state index in [1.807, 2.05) is 26.0 Å². The second kappa shape index (κ2) is 7.73. The summed E-state index contributed by atoms with van der Waals surface area (Å²) in [5.41, 5.74) is 2.62. The molecule has 1 aromatic carbocycles. The standard InChI is InChI=1S/C18H15BrClN3O2S/c1-3-11-9(2)21-17(14-6-7-15(19)26-14)23-16(11)22-13-5-4-10(18(24)25)8-12(13)20/h4-8H,3H2,1-2H3,(H,24,25)(H,21,22,23). The predicted molar refractivity (Wildman–Crippen MR) is 109 cm³/mol. The number of hydrogen-bond donors (Lipinski definition) is 2. The first kappa shape index (κ1) is 18.8. The van der Waals surface area contributed by atoms with Crippen LogP contribution in [0.1, 0.15) is 28.5 Å². The Bertz CT molecular complexity index is 991. The van der Waals surface area contributed by atoms with E-state index in [2.05, 4.69) is 31.2 Å². The van der Waals surface area contributed by atoms with Gasteiger partial charge in [0, 0.05) is 11.3 Å². The summed E-state index contributed by atoms with van der Waals surface area (Å²) in [5, 5.41) is 12.6. The SMILES string of the molecule is CCc1c(C)nc(-c2ccc(Br)s2)nc1Nc1ccc(C(=O)O)cc1Cl. The van der Waals surface area contributed by atoms with E-state index in [4.69, 9.17) is 16.7 Å². The van der Waals surface area contributed by atoms with Crippen molar-refractivity contribution in [2.45, 2.75) is 20.3 Å². The second-order valence-corrected chi connectivity index (χ2v) is 8.41. The number of hydrogen-bond acceptors (Lipinski definition) is 5. The maximum Gasteiger partial charge on any atom is 0.335 e. The Kier molecular flexibility index (Phi) is 5.60. The molecule has 0 amide bonds. The monoisotopic (exact) mass is 451 g/mol. The molecule has 0 atom stereocenters. The lowest BCUT2D eigenvalue weighted by atomic mass is 10.1. The Morgan fingerprint density at radius 1 is 1.31 bits per heavy atom. The molecule has 26 heavy (non-hydrogen) atoms. The van der Waals surface area contributed by atoms with Gasteiger partial charge in [0.25, 0.3) is 0 Å². The number of aromatic nitrogens is 2. The van der Waals surface area contributed by atoms with E-state index in [1.165, 1.54) is 12.1 Å². The molecule has 0 aliphatic carbocycles. The van der Waals surface area contributed by atoms with Gasteiger partial charge in [0.1, 0.15) is 5.82 Å². The molecule has 0 bridgehead atoms. The molecule has 5 nitrogen and oxygen atoms in total. The molecule has 0 fully saturated rings. The third-order valence-corrected chi connectivity index (χ3v) is 5.76. The number of nitrogens with one attached hydrogen (secondary N) is 1. The van der Waals surface area contributed by atoms with E-state index < -0.39 is 5.97 Å². The van der Waals surface area contributed by atoms with Gasteiger partial charge in [-0.15, -0.1) is 11.3 Å². The minimum Gasteiger partial charge on any atom is -0.478 e. The van der Waals surface area contributed by atoms with Gasteiger partial charge in [0.2, 0.25) is 0 Å². The molecular formula is C18H15BrClN3O2S. The number of aromatic carboxylic acids is 1. The molecule has 0 saturated carbocycles. The Hall–Kier alpha value is -1.96. The highest BCUT2D eigenvalue weighted by atomic mass is 79.9. The average molecular weight is 453 g/mol. The molecule has 2 heterocycles. The molecule has 0 spiro atoms. The van der Waals surface area contributed by atoms with E-state index in [1.54, 1.807) is 17.4 Å². The van der Waals surface area contributed by atoms with Crippen molar-refractivity contribution in [2.75, 3.05) is 5.32 Å². The third-order valence-electron chi connectivity index (χ3n) is 3.83.